The van der Waals surface area contributed by atoms with Crippen molar-refractivity contribution in [2.45, 2.75) is 277 Å². The third-order valence-electron chi connectivity index (χ3n) is 12.3. The lowest BCUT2D eigenvalue weighted by Gasteiger charge is -2.25. The summed E-state index contributed by atoms with van der Waals surface area (Å²) in [4.78, 5) is 37.3. The van der Waals surface area contributed by atoms with Gasteiger partial charge in [0, 0.05) is 12.8 Å². The summed E-state index contributed by atoms with van der Waals surface area (Å²) in [6, 6.07) is 0. The van der Waals surface area contributed by atoms with E-state index in [4.69, 9.17) is 18.9 Å². The molecule has 0 saturated carbocycles. The van der Waals surface area contributed by atoms with E-state index in [1.807, 2.05) is 21.1 Å². The summed E-state index contributed by atoms with van der Waals surface area (Å²) < 4.78 is 22.9. The molecule has 2 unspecified atom stereocenters. The number of hydrogen-bond acceptors (Lipinski definition) is 7. The number of aliphatic carboxylic acids is 1. The van der Waals surface area contributed by atoms with E-state index in [0.29, 0.717) is 17.4 Å². The first-order valence-electron chi connectivity index (χ1n) is 27.4. The molecule has 0 aliphatic rings. The zero-order chi connectivity index (χ0) is 47.0. The highest BCUT2D eigenvalue weighted by atomic mass is 16.7. The molecule has 0 bridgehead atoms. The molecule has 0 heterocycles. The maximum Gasteiger partial charge on any atom is 0.361 e. The van der Waals surface area contributed by atoms with Crippen molar-refractivity contribution in [1.29, 1.82) is 0 Å². The molecular formula is C55H106NO8+. The lowest BCUT2D eigenvalue weighted by atomic mass is 10.0. The van der Waals surface area contributed by atoms with Crippen molar-refractivity contribution in [3.8, 4) is 0 Å². The Bertz CT molecular complexity index is 1060. The van der Waals surface area contributed by atoms with Crippen LogP contribution in [-0.2, 0) is 33.3 Å². The number of carboxylic acid groups (broad SMARTS) is 1. The molecule has 0 aromatic carbocycles. The zero-order valence-electron chi connectivity index (χ0n) is 43.0. The molecule has 0 fully saturated rings. The Balaban J connectivity index is 4.24. The lowest BCUT2D eigenvalue weighted by Crippen LogP contribution is -2.40. The van der Waals surface area contributed by atoms with Gasteiger partial charge < -0.3 is 28.5 Å². The van der Waals surface area contributed by atoms with Gasteiger partial charge in [-0.1, -0.05) is 225 Å². The van der Waals surface area contributed by atoms with Gasteiger partial charge in [-0.2, -0.15) is 0 Å². The highest BCUT2D eigenvalue weighted by Crippen LogP contribution is 2.17. The molecular weight excluding hydrogens is 803 g/mol. The maximum atomic E-state index is 12.8. The van der Waals surface area contributed by atoms with E-state index < -0.39 is 24.3 Å². The van der Waals surface area contributed by atoms with Crippen LogP contribution in [0.5, 0.6) is 0 Å². The summed E-state index contributed by atoms with van der Waals surface area (Å²) in [5.41, 5.74) is 0. The lowest BCUT2D eigenvalue weighted by molar-refractivity contribution is -0.870. The molecule has 9 heteroatoms. The number of esters is 2. The van der Waals surface area contributed by atoms with Crippen LogP contribution < -0.4 is 0 Å². The number of ether oxygens (including phenoxy) is 4. The number of likely N-dealkylation sites (N-methyl/N-ethyl adjacent to an activating group) is 1. The number of hydrogen-bond donors (Lipinski definition) is 1. The minimum absolute atomic E-state index is 0.177. The molecule has 0 aromatic rings. The summed E-state index contributed by atoms with van der Waals surface area (Å²) in [5, 5.41) is 9.68. The number of rotatable bonds is 51. The molecule has 0 radical (unpaired) electrons. The van der Waals surface area contributed by atoms with E-state index in [2.05, 4.69) is 26.0 Å². The molecule has 0 spiro atoms. The highest BCUT2D eigenvalue weighted by molar-refractivity contribution is 5.71. The number of unbranched alkanes of at least 4 members (excludes halogenated alkanes) is 34. The third-order valence-corrected chi connectivity index (χ3v) is 12.3. The van der Waals surface area contributed by atoms with E-state index in [1.54, 1.807) is 0 Å². The average Bonchev–Trinajstić information content (AvgIpc) is 3.26. The zero-order valence-corrected chi connectivity index (χ0v) is 43.0. The predicted molar refractivity (Wildman–Crippen MR) is 268 cm³/mol. The summed E-state index contributed by atoms with van der Waals surface area (Å²) >= 11 is 0. The summed E-state index contributed by atoms with van der Waals surface area (Å²) in [6.07, 6.45) is 49.9. The minimum Gasteiger partial charge on any atom is -0.477 e. The Morgan fingerprint density at radius 1 is 0.453 bits per heavy atom. The third kappa shape index (κ3) is 48.0. The second-order valence-electron chi connectivity index (χ2n) is 19.9. The second kappa shape index (κ2) is 47.5. The van der Waals surface area contributed by atoms with Crippen LogP contribution in [0, 0.1) is 0 Å². The minimum atomic E-state index is -1.51. The average molecular weight is 909 g/mol. The van der Waals surface area contributed by atoms with Crippen molar-refractivity contribution < 1.29 is 42.9 Å². The van der Waals surface area contributed by atoms with Crippen molar-refractivity contribution in [2.75, 3.05) is 47.5 Å². The second-order valence-corrected chi connectivity index (χ2v) is 19.9. The molecule has 0 saturated heterocycles. The van der Waals surface area contributed by atoms with E-state index in [-0.39, 0.29) is 32.2 Å². The summed E-state index contributed by atoms with van der Waals surface area (Å²) in [5.74, 6) is -1.99. The van der Waals surface area contributed by atoms with Gasteiger partial charge in [-0.05, 0) is 38.5 Å². The molecule has 0 aromatic heterocycles. The fourth-order valence-electron chi connectivity index (χ4n) is 8.01. The van der Waals surface area contributed by atoms with Gasteiger partial charge in [0.25, 0.3) is 6.29 Å². The van der Waals surface area contributed by atoms with Gasteiger partial charge in [0.2, 0.25) is 0 Å². The molecule has 0 amide bonds. The molecule has 2 atom stereocenters. The van der Waals surface area contributed by atoms with Crippen LogP contribution in [0.3, 0.4) is 0 Å². The predicted octanol–water partition coefficient (Wildman–Crippen LogP) is 15.4. The topological polar surface area (TPSA) is 108 Å². The van der Waals surface area contributed by atoms with E-state index in [9.17, 15) is 19.5 Å². The van der Waals surface area contributed by atoms with Crippen LogP contribution in [-0.4, -0.2) is 87.4 Å². The fraction of sp³-hybridized carbons (Fsp3) is 0.909. The van der Waals surface area contributed by atoms with Crippen LogP contribution >= 0.6 is 0 Å². The van der Waals surface area contributed by atoms with Crippen LogP contribution in [0.15, 0.2) is 12.2 Å². The molecule has 0 aliphatic heterocycles. The molecule has 0 rings (SSSR count). The number of quaternary nitrogens is 1. The number of carboxylic acids is 1. The van der Waals surface area contributed by atoms with Gasteiger partial charge in [0.05, 0.1) is 34.4 Å². The van der Waals surface area contributed by atoms with E-state index in [0.717, 1.165) is 51.4 Å². The molecule has 9 nitrogen and oxygen atoms in total. The monoisotopic (exact) mass is 909 g/mol. The van der Waals surface area contributed by atoms with Gasteiger partial charge in [-0.15, -0.1) is 0 Å². The Morgan fingerprint density at radius 2 is 0.797 bits per heavy atom. The van der Waals surface area contributed by atoms with Crippen molar-refractivity contribution in [2.24, 2.45) is 0 Å². The number of carbonyl (C=O) groups is 3. The summed E-state index contributed by atoms with van der Waals surface area (Å²) in [6.45, 7) is 4.91. The SMILES string of the molecule is CCCCCCCC/C=C\CCCCCCCCCC(=O)OC(COC(=O)CCCCCCCCCCCCCCCCCCCCCCCC)COC(OCC[N+](C)(C)C)C(=O)O. The highest BCUT2D eigenvalue weighted by Gasteiger charge is 2.25. The molecule has 64 heavy (non-hydrogen) atoms. The quantitative estimate of drug-likeness (QED) is 0.0211. The Morgan fingerprint density at radius 3 is 1.16 bits per heavy atom. The van der Waals surface area contributed by atoms with Crippen LogP contribution in [0.2, 0.25) is 0 Å². The standard InChI is InChI=1S/C55H105NO8/c1-6-8-10-12-14-16-18-20-22-24-25-26-27-28-30-31-33-35-37-39-41-43-45-52(57)62-49-51(50-63-55(54(59)60)61-48-47-56(3,4)5)64-53(58)46-44-42-40-38-36-34-32-29-23-21-19-17-15-13-11-9-7-2/h21,23,51,55H,6-20,22,24-50H2,1-5H3/p+1/b23-21-. The molecule has 378 valence electrons. The van der Waals surface area contributed by atoms with Gasteiger partial charge in [-0.3, -0.25) is 9.59 Å². The van der Waals surface area contributed by atoms with Crippen molar-refractivity contribution in [1.82, 2.24) is 0 Å². The van der Waals surface area contributed by atoms with Crippen molar-refractivity contribution in [3.63, 3.8) is 0 Å². The van der Waals surface area contributed by atoms with Crippen LogP contribution in [0.25, 0.3) is 0 Å². The van der Waals surface area contributed by atoms with E-state index in [1.165, 1.54) is 186 Å². The fourth-order valence-corrected chi connectivity index (χ4v) is 8.01. The van der Waals surface area contributed by atoms with Gasteiger partial charge >= 0.3 is 17.9 Å². The number of allylic oxidation sites excluding steroid dienone is 2. The van der Waals surface area contributed by atoms with E-state index >= 15 is 0 Å². The van der Waals surface area contributed by atoms with Crippen LogP contribution in [0.1, 0.15) is 264 Å². The molecule has 0 aliphatic carbocycles. The maximum absolute atomic E-state index is 12.8. The van der Waals surface area contributed by atoms with Crippen LogP contribution in [0.4, 0.5) is 0 Å². The number of nitrogens with zero attached hydrogens (tertiary/aromatic N) is 1. The normalized spacial score (nSPS) is 12.8. The summed E-state index contributed by atoms with van der Waals surface area (Å²) in [7, 11) is 5.97. The van der Waals surface area contributed by atoms with Gasteiger partial charge in [-0.25, -0.2) is 4.79 Å². The Kier molecular flexibility index (Phi) is 46.1. The van der Waals surface area contributed by atoms with Gasteiger partial charge in [0.1, 0.15) is 13.2 Å². The first-order chi connectivity index (χ1) is 31.1. The smallest absolute Gasteiger partial charge is 0.361 e. The van der Waals surface area contributed by atoms with Crippen molar-refractivity contribution >= 4 is 17.9 Å². The first kappa shape index (κ1) is 62.0. The first-order valence-corrected chi connectivity index (χ1v) is 27.4. The van der Waals surface area contributed by atoms with Gasteiger partial charge in [0.15, 0.2) is 6.10 Å². The Hall–Kier alpha value is -1.97. The number of carbonyl (C=O) groups excluding carboxylic acids is 2. The molecule has 1 N–H and O–H groups in total. The Labute approximate surface area is 395 Å². The largest absolute Gasteiger partial charge is 0.477 e. The van der Waals surface area contributed by atoms with Crippen molar-refractivity contribution in [3.05, 3.63) is 12.2 Å².